The Hall–Kier alpha value is -2.12. The SMILES string of the molecule is CC(=O)CSc1ccccc1C(=O)OCC(=O)N[C@@H](C)c1cccs1. The summed E-state index contributed by atoms with van der Waals surface area (Å²) >= 11 is 2.83. The van der Waals surface area contributed by atoms with Crippen LogP contribution in [0.1, 0.15) is 35.1 Å². The smallest absolute Gasteiger partial charge is 0.339 e. The molecule has 1 heterocycles. The number of amides is 1. The fraction of sp³-hybridized carbons (Fsp3) is 0.278. The predicted molar refractivity (Wildman–Crippen MR) is 99.0 cm³/mol. The molecule has 2 rings (SSSR count). The van der Waals surface area contributed by atoms with E-state index in [0.717, 1.165) is 4.88 Å². The summed E-state index contributed by atoms with van der Waals surface area (Å²) in [7, 11) is 0. The van der Waals surface area contributed by atoms with Crippen LogP contribution >= 0.6 is 23.1 Å². The van der Waals surface area contributed by atoms with E-state index in [1.807, 2.05) is 24.4 Å². The van der Waals surface area contributed by atoms with Crippen molar-refractivity contribution in [1.29, 1.82) is 0 Å². The Morgan fingerprint density at radius 1 is 1.20 bits per heavy atom. The second-order valence-electron chi connectivity index (χ2n) is 5.37. The van der Waals surface area contributed by atoms with Gasteiger partial charge in [-0.3, -0.25) is 9.59 Å². The summed E-state index contributed by atoms with van der Waals surface area (Å²) in [6.07, 6.45) is 0. The van der Waals surface area contributed by atoms with E-state index >= 15 is 0 Å². The summed E-state index contributed by atoms with van der Waals surface area (Å²) < 4.78 is 5.11. The van der Waals surface area contributed by atoms with Crippen LogP contribution in [-0.4, -0.2) is 30.0 Å². The minimum absolute atomic E-state index is 0.0233. The van der Waals surface area contributed by atoms with Crippen molar-refractivity contribution in [1.82, 2.24) is 5.32 Å². The Kier molecular flexibility index (Phi) is 7.21. The normalized spacial score (nSPS) is 11.6. The third kappa shape index (κ3) is 6.03. The van der Waals surface area contributed by atoms with Crippen molar-refractivity contribution in [2.45, 2.75) is 24.8 Å². The fourth-order valence-electron chi connectivity index (χ4n) is 2.04. The predicted octanol–water partition coefficient (Wildman–Crippen LogP) is 3.46. The van der Waals surface area contributed by atoms with Crippen molar-refractivity contribution in [3.8, 4) is 0 Å². The minimum Gasteiger partial charge on any atom is -0.452 e. The van der Waals surface area contributed by atoms with Gasteiger partial charge in [0.05, 0.1) is 17.4 Å². The Balaban J connectivity index is 1.89. The van der Waals surface area contributed by atoms with Gasteiger partial charge >= 0.3 is 5.97 Å². The van der Waals surface area contributed by atoms with E-state index in [1.165, 1.54) is 18.7 Å². The number of rotatable bonds is 8. The largest absolute Gasteiger partial charge is 0.452 e. The van der Waals surface area contributed by atoms with E-state index in [-0.39, 0.29) is 30.1 Å². The monoisotopic (exact) mass is 377 g/mol. The lowest BCUT2D eigenvalue weighted by molar-refractivity contribution is -0.124. The highest BCUT2D eigenvalue weighted by Crippen LogP contribution is 2.23. The quantitative estimate of drug-likeness (QED) is 0.563. The molecular formula is C18H19NO4S2. The maximum Gasteiger partial charge on any atom is 0.339 e. The van der Waals surface area contributed by atoms with Gasteiger partial charge in [-0.05, 0) is 37.4 Å². The number of nitrogens with one attached hydrogen (secondary N) is 1. The summed E-state index contributed by atoms with van der Waals surface area (Å²) in [4.78, 5) is 37.0. The number of carbonyl (C=O) groups is 3. The van der Waals surface area contributed by atoms with Gasteiger partial charge in [-0.15, -0.1) is 23.1 Å². The number of esters is 1. The topological polar surface area (TPSA) is 72.5 Å². The Labute approximate surface area is 154 Å². The summed E-state index contributed by atoms with van der Waals surface area (Å²) in [6, 6.07) is 10.6. The van der Waals surface area contributed by atoms with E-state index in [4.69, 9.17) is 4.74 Å². The van der Waals surface area contributed by atoms with Crippen molar-refractivity contribution < 1.29 is 19.1 Å². The molecule has 1 aromatic carbocycles. The number of hydrogen-bond acceptors (Lipinski definition) is 6. The molecule has 5 nitrogen and oxygen atoms in total. The van der Waals surface area contributed by atoms with Crippen LogP contribution in [-0.2, 0) is 14.3 Å². The molecule has 0 aliphatic rings. The van der Waals surface area contributed by atoms with Crippen LogP contribution in [0.25, 0.3) is 0 Å². The second kappa shape index (κ2) is 9.39. The highest BCUT2D eigenvalue weighted by atomic mass is 32.2. The number of thioether (sulfide) groups is 1. The van der Waals surface area contributed by atoms with Gasteiger partial charge in [0.25, 0.3) is 5.91 Å². The molecule has 0 unspecified atom stereocenters. The number of thiophene rings is 1. The first kappa shape index (κ1) is 19.2. The zero-order chi connectivity index (χ0) is 18.2. The highest BCUT2D eigenvalue weighted by molar-refractivity contribution is 8.00. The molecule has 0 saturated heterocycles. The van der Waals surface area contributed by atoms with Crippen molar-refractivity contribution in [3.05, 3.63) is 52.2 Å². The van der Waals surface area contributed by atoms with Crippen LogP contribution in [0.5, 0.6) is 0 Å². The molecule has 0 saturated carbocycles. The molecule has 7 heteroatoms. The van der Waals surface area contributed by atoms with Gasteiger partial charge in [0.2, 0.25) is 0 Å². The maximum absolute atomic E-state index is 12.2. The summed E-state index contributed by atoms with van der Waals surface area (Å²) in [6.45, 7) is 3.02. The first-order valence-electron chi connectivity index (χ1n) is 7.68. The lowest BCUT2D eigenvalue weighted by atomic mass is 10.2. The molecule has 0 aliphatic carbocycles. The summed E-state index contributed by atoms with van der Waals surface area (Å²) in [5.74, 6) is -0.632. The number of carbonyl (C=O) groups excluding carboxylic acids is 3. The molecule has 0 radical (unpaired) electrons. The van der Waals surface area contributed by atoms with Gasteiger partial charge in [-0.2, -0.15) is 0 Å². The van der Waals surface area contributed by atoms with Gasteiger partial charge in [0.1, 0.15) is 5.78 Å². The lowest BCUT2D eigenvalue weighted by Crippen LogP contribution is -2.30. The third-order valence-electron chi connectivity index (χ3n) is 3.22. The molecule has 25 heavy (non-hydrogen) atoms. The van der Waals surface area contributed by atoms with Crippen LogP contribution in [0.3, 0.4) is 0 Å². The molecule has 1 N–H and O–H groups in total. The summed E-state index contributed by atoms with van der Waals surface area (Å²) in [5, 5.41) is 4.73. The van der Waals surface area contributed by atoms with Gasteiger partial charge in [-0.25, -0.2) is 4.79 Å². The molecule has 2 aromatic rings. The standard InChI is InChI=1S/C18H19NO4S2/c1-12(20)11-25-16-7-4-3-6-14(16)18(22)23-10-17(21)19-13(2)15-8-5-9-24-15/h3-9,13H,10-11H2,1-2H3,(H,19,21)/t13-/m0/s1. The molecule has 1 amide bonds. The number of ketones is 1. The maximum atomic E-state index is 12.2. The van der Waals surface area contributed by atoms with Crippen LogP contribution in [0.4, 0.5) is 0 Å². The zero-order valence-electron chi connectivity index (χ0n) is 14.0. The van der Waals surface area contributed by atoms with Crippen molar-refractivity contribution in [2.75, 3.05) is 12.4 Å². The Morgan fingerprint density at radius 2 is 1.96 bits per heavy atom. The summed E-state index contributed by atoms with van der Waals surface area (Å²) in [5.41, 5.74) is 0.354. The van der Waals surface area contributed by atoms with Crippen molar-refractivity contribution >= 4 is 40.8 Å². The average molecular weight is 377 g/mol. The van der Waals surface area contributed by atoms with E-state index < -0.39 is 5.97 Å². The fourth-order valence-corrected chi connectivity index (χ4v) is 3.62. The number of benzene rings is 1. The molecule has 0 fully saturated rings. The van der Waals surface area contributed by atoms with E-state index in [1.54, 1.807) is 35.6 Å². The lowest BCUT2D eigenvalue weighted by Gasteiger charge is -2.13. The Bertz CT molecular complexity index is 743. The zero-order valence-corrected chi connectivity index (χ0v) is 15.6. The Morgan fingerprint density at radius 3 is 2.64 bits per heavy atom. The van der Waals surface area contributed by atoms with E-state index in [2.05, 4.69) is 5.32 Å². The van der Waals surface area contributed by atoms with E-state index in [9.17, 15) is 14.4 Å². The molecular weight excluding hydrogens is 358 g/mol. The first-order chi connectivity index (χ1) is 12.0. The highest BCUT2D eigenvalue weighted by Gasteiger charge is 2.16. The van der Waals surface area contributed by atoms with Crippen LogP contribution in [0.2, 0.25) is 0 Å². The molecule has 0 bridgehead atoms. The average Bonchev–Trinajstić information content (AvgIpc) is 3.13. The number of ether oxygens (including phenoxy) is 1. The molecule has 132 valence electrons. The van der Waals surface area contributed by atoms with Gasteiger partial charge < -0.3 is 10.1 Å². The number of Topliss-reactive ketones (excluding diaryl/α,β-unsaturated/α-hetero) is 1. The van der Waals surface area contributed by atoms with Crippen LogP contribution in [0, 0.1) is 0 Å². The second-order valence-corrected chi connectivity index (χ2v) is 7.36. The minimum atomic E-state index is -0.578. The third-order valence-corrected chi connectivity index (χ3v) is 5.49. The van der Waals surface area contributed by atoms with Gasteiger partial charge in [0, 0.05) is 9.77 Å². The van der Waals surface area contributed by atoms with Gasteiger partial charge in [0.15, 0.2) is 6.61 Å². The molecule has 0 aliphatic heterocycles. The number of hydrogen-bond donors (Lipinski definition) is 1. The first-order valence-corrected chi connectivity index (χ1v) is 9.55. The van der Waals surface area contributed by atoms with Crippen molar-refractivity contribution in [3.63, 3.8) is 0 Å². The molecule has 1 aromatic heterocycles. The molecule has 1 atom stereocenters. The van der Waals surface area contributed by atoms with Crippen LogP contribution < -0.4 is 5.32 Å². The van der Waals surface area contributed by atoms with Crippen LogP contribution in [0.15, 0.2) is 46.7 Å². The molecule has 0 spiro atoms. The van der Waals surface area contributed by atoms with Crippen molar-refractivity contribution in [2.24, 2.45) is 0 Å². The van der Waals surface area contributed by atoms with E-state index in [0.29, 0.717) is 10.5 Å². The van der Waals surface area contributed by atoms with Gasteiger partial charge in [-0.1, -0.05) is 18.2 Å².